The molecule has 0 amide bonds. The van der Waals surface area contributed by atoms with Gasteiger partial charge in [-0.3, -0.25) is 0 Å². The zero-order chi connectivity index (χ0) is 16.7. The fourth-order valence-electron chi connectivity index (χ4n) is 2.46. The van der Waals surface area contributed by atoms with E-state index < -0.39 is 25.0 Å². The zero-order valence-corrected chi connectivity index (χ0v) is 15.6. The Kier molecular flexibility index (Phi) is 4.44. The van der Waals surface area contributed by atoms with Gasteiger partial charge in [0, 0.05) is 0 Å². The first-order valence-corrected chi connectivity index (χ1v) is 14.5. The van der Waals surface area contributed by atoms with Crippen LogP contribution in [-0.2, 0) is 13.2 Å². The summed E-state index contributed by atoms with van der Waals surface area (Å²) < 4.78 is 41.7. The molecule has 2 rings (SSSR count). The molecular formula is C17H21F3GeN+. The Morgan fingerprint density at radius 3 is 2.09 bits per heavy atom. The first-order valence-electron chi connectivity index (χ1n) is 7.18. The normalized spacial score (nSPS) is 12.5. The molecule has 0 spiro atoms. The molecule has 0 unspecified atom stereocenters. The van der Waals surface area contributed by atoms with Gasteiger partial charge >= 0.3 is 132 Å². The monoisotopic (exact) mass is 370 g/mol. The van der Waals surface area contributed by atoms with E-state index in [4.69, 9.17) is 0 Å². The Bertz CT molecular complexity index is 639. The van der Waals surface area contributed by atoms with Gasteiger partial charge in [0.15, 0.2) is 0 Å². The van der Waals surface area contributed by atoms with E-state index in [2.05, 4.69) is 29.5 Å². The quantitative estimate of drug-likeness (QED) is 0.556. The predicted molar refractivity (Wildman–Crippen MR) is 85.8 cm³/mol. The summed E-state index contributed by atoms with van der Waals surface area (Å²) in [6.45, 7) is 1.72. The van der Waals surface area contributed by atoms with E-state index in [-0.39, 0.29) is 0 Å². The average molecular weight is 369 g/mol. The zero-order valence-electron chi connectivity index (χ0n) is 13.5. The molecule has 0 N–H and O–H groups in total. The third-order valence-electron chi connectivity index (χ3n) is 3.83. The Morgan fingerprint density at radius 1 is 1.00 bits per heavy atom. The van der Waals surface area contributed by atoms with Gasteiger partial charge in [0.1, 0.15) is 0 Å². The van der Waals surface area contributed by atoms with Crippen LogP contribution < -0.4 is 8.96 Å². The third kappa shape index (κ3) is 3.54. The first kappa shape index (κ1) is 17.1. The summed E-state index contributed by atoms with van der Waals surface area (Å²) >= 11 is -1.91. The molecule has 1 aromatic heterocycles. The topological polar surface area (TPSA) is 3.88 Å². The van der Waals surface area contributed by atoms with E-state index >= 15 is 0 Å². The van der Waals surface area contributed by atoms with Crippen molar-refractivity contribution in [1.29, 1.82) is 0 Å². The molecule has 0 saturated heterocycles. The molecule has 22 heavy (non-hydrogen) atoms. The number of hydrogen-bond acceptors (Lipinski definition) is 0. The van der Waals surface area contributed by atoms with Gasteiger partial charge in [-0.15, -0.1) is 0 Å². The van der Waals surface area contributed by atoms with Crippen LogP contribution in [0.4, 0.5) is 13.2 Å². The van der Waals surface area contributed by atoms with Crippen molar-refractivity contribution in [2.75, 3.05) is 0 Å². The van der Waals surface area contributed by atoms with Crippen LogP contribution in [0.2, 0.25) is 17.3 Å². The van der Waals surface area contributed by atoms with E-state index in [0.29, 0.717) is 5.56 Å². The number of halogens is 3. The molecule has 118 valence electrons. The number of aromatic nitrogens is 1. The average Bonchev–Trinajstić information content (AvgIpc) is 2.37. The Morgan fingerprint density at radius 2 is 1.64 bits per heavy atom. The van der Waals surface area contributed by atoms with Crippen molar-refractivity contribution in [3.63, 3.8) is 0 Å². The van der Waals surface area contributed by atoms with Crippen molar-refractivity contribution in [3.8, 4) is 11.3 Å². The predicted octanol–water partition coefficient (Wildman–Crippen LogP) is 4.05. The molecular weight excluding hydrogens is 348 g/mol. The fourth-order valence-corrected chi connectivity index (χ4v) is 4.90. The Labute approximate surface area is 132 Å². The molecule has 0 fully saturated rings. The summed E-state index contributed by atoms with van der Waals surface area (Å²) in [6, 6.07) is 8.06. The molecule has 1 aromatic carbocycles. The molecule has 0 saturated carbocycles. The van der Waals surface area contributed by atoms with Crippen molar-refractivity contribution in [2.45, 2.75) is 30.4 Å². The van der Waals surface area contributed by atoms with E-state index in [0.717, 1.165) is 17.3 Å². The SMILES string of the molecule is Cc1cc(C(F)(F)F)ccc1-c1cc[c]([Ge]([CH3])([CH3])[CH3])c[n+]1C. The van der Waals surface area contributed by atoms with Crippen molar-refractivity contribution >= 4 is 17.7 Å². The van der Waals surface area contributed by atoms with E-state index in [9.17, 15) is 13.2 Å². The van der Waals surface area contributed by atoms with Crippen LogP contribution in [0.1, 0.15) is 11.1 Å². The summed E-state index contributed by atoms with van der Waals surface area (Å²) in [5, 5.41) is 0. The summed E-state index contributed by atoms with van der Waals surface area (Å²) in [5.74, 6) is 6.95. The molecule has 1 heterocycles. The third-order valence-corrected chi connectivity index (χ3v) is 8.08. The van der Waals surface area contributed by atoms with E-state index in [1.807, 2.05) is 17.7 Å². The number of hydrogen-bond donors (Lipinski definition) is 0. The molecule has 0 aliphatic rings. The maximum absolute atomic E-state index is 12.8. The van der Waals surface area contributed by atoms with E-state index in [1.54, 1.807) is 13.0 Å². The summed E-state index contributed by atoms with van der Waals surface area (Å²) in [7, 11) is 1.95. The number of nitrogens with zero attached hydrogens (tertiary/aromatic N) is 1. The second-order valence-electron chi connectivity index (χ2n) is 6.69. The van der Waals surface area contributed by atoms with Crippen LogP contribution in [0.3, 0.4) is 0 Å². The molecule has 0 aliphatic carbocycles. The van der Waals surface area contributed by atoms with Crippen molar-refractivity contribution in [2.24, 2.45) is 7.05 Å². The molecule has 0 atom stereocenters. The summed E-state index contributed by atoms with van der Waals surface area (Å²) in [6.07, 6.45) is -2.18. The van der Waals surface area contributed by atoms with Crippen LogP contribution in [-0.4, -0.2) is 13.3 Å². The number of benzene rings is 1. The molecule has 1 nitrogen and oxygen atoms in total. The van der Waals surface area contributed by atoms with Gasteiger partial charge in [-0.2, -0.15) is 0 Å². The van der Waals surface area contributed by atoms with Crippen molar-refractivity contribution in [1.82, 2.24) is 0 Å². The summed E-state index contributed by atoms with van der Waals surface area (Å²) in [4.78, 5) is 0. The second-order valence-corrected chi connectivity index (χ2v) is 17.3. The Balaban J connectivity index is 2.49. The fraction of sp³-hybridized carbons (Fsp3) is 0.353. The van der Waals surface area contributed by atoms with Gasteiger partial charge < -0.3 is 0 Å². The van der Waals surface area contributed by atoms with Gasteiger partial charge in [0.2, 0.25) is 0 Å². The number of pyridine rings is 1. The Hall–Kier alpha value is -1.30. The molecule has 0 radical (unpaired) electrons. The van der Waals surface area contributed by atoms with Crippen LogP contribution in [0, 0.1) is 6.92 Å². The number of alkyl halides is 3. The molecule has 0 aliphatic heterocycles. The van der Waals surface area contributed by atoms with Gasteiger partial charge in [-0.1, -0.05) is 0 Å². The van der Waals surface area contributed by atoms with Gasteiger partial charge in [-0.25, -0.2) is 0 Å². The number of rotatable bonds is 2. The van der Waals surface area contributed by atoms with Gasteiger partial charge in [-0.05, 0) is 0 Å². The minimum absolute atomic E-state index is 0.599. The van der Waals surface area contributed by atoms with Crippen LogP contribution >= 0.6 is 0 Å². The van der Waals surface area contributed by atoms with E-state index in [1.165, 1.54) is 10.5 Å². The van der Waals surface area contributed by atoms with Crippen molar-refractivity contribution < 1.29 is 17.7 Å². The van der Waals surface area contributed by atoms with Crippen molar-refractivity contribution in [3.05, 3.63) is 47.7 Å². The van der Waals surface area contributed by atoms with Crippen LogP contribution in [0.25, 0.3) is 11.3 Å². The van der Waals surface area contributed by atoms with Gasteiger partial charge in [0.25, 0.3) is 0 Å². The molecule has 0 bridgehead atoms. The standard InChI is InChI=1S/C17H21F3GeN/c1-12-10-13(17(18,19)20)6-8-15(12)16-9-7-14(11-22(16)5)21(2,3)4/h6-11H,1-5H3/q+1. The van der Waals surface area contributed by atoms with Crippen LogP contribution in [0.15, 0.2) is 36.5 Å². The number of aryl methyl sites for hydroxylation is 2. The summed E-state index contributed by atoms with van der Waals surface area (Å²) in [5.41, 5.74) is 1.80. The van der Waals surface area contributed by atoms with Crippen LogP contribution in [0.5, 0.6) is 0 Å². The second kappa shape index (κ2) is 5.72. The first-order chi connectivity index (χ1) is 10.00. The minimum atomic E-state index is -4.30. The maximum atomic E-state index is 12.8. The molecule has 5 heteroatoms. The molecule has 2 aromatic rings. The van der Waals surface area contributed by atoms with Gasteiger partial charge in [0.05, 0.1) is 0 Å².